The Morgan fingerprint density at radius 3 is 2.57 bits per heavy atom. The van der Waals surface area contributed by atoms with Gasteiger partial charge in [0, 0.05) is 12.0 Å². The van der Waals surface area contributed by atoms with E-state index in [-0.39, 0.29) is 0 Å². The summed E-state index contributed by atoms with van der Waals surface area (Å²) in [6, 6.07) is 9.83. The van der Waals surface area contributed by atoms with Crippen molar-refractivity contribution in [3.8, 4) is 0 Å². The van der Waals surface area contributed by atoms with Crippen LogP contribution in [0.15, 0.2) is 34.7 Å². The molecule has 1 aromatic heterocycles. The Morgan fingerprint density at radius 1 is 1.19 bits per heavy atom. The fourth-order valence-corrected chi connectivity index (χ4v) is 3.51. The number of para-hydroxylation sites is 1. The van der Waals surface area contributed by atoms with Crippen LogP contribution in [-0.4, -0.2) is 17.3 Å². The van der Waals surface area contributed by atoms with Crippen LogP contribution in [0.3, 0.4) is 0 Å². The molecule has 21 heavy (non-hydrogen) atoms. The molecule has 1 saturated carbocycles. The van der Waals surface area contributed by atoms with Gasteiger partial charge in [-0.05, 0) is 31.9 Å². The molecule has 3 rings (SSSR count). The van der Waals surface area contributed by atoms with Gasteiger partial charge in [0.05, 0.1) is 0 Å². The van der Waals surface area contributed by atoms with Gasteiger partial charge in [0.1, 0.15) is 23.0 Å². The molecule has 1 heterocycles. The van der Waals surface area contributed by atoms with Crippen molar-refractivity contribution < 1.29 is 14.3 Å². The number of ether oxygens (including phenoxy) is 1. The number of aliphatic hydroxyl groups is 1. The summed E-state index contributed by atoms with van der Waals surface area (Å²) in [5, 5.41) is 12.0. The van der Waals surface area contributed by atoms with Crippen LogP contribution in [0.4, 0.5) is 0 Å². The van der Waals surface area contributed by atoms with Crippen molar-refractivity contribution in [2.24, 2.45) is 0 Å². The summed E-state index contributed by atoms with van der Waals surface area (Å²) in [6.07, 6.45) is 5.78. The average molecular weight is 288 g/mol. The van der Waals surface area contributed by atoms with Crippen molar-refractivity contribution >= 4 is 11.0 Å². The van der Waals surface area contributed by atoms with Crippen LogP contribution in [0.1, 0.15) is 57.3 Å². The van der Waals surface area contributed by atoms with Gasteiger partial charge in [-0.1, -0.05) is 43.9 Å². The van der Waals surface area contributed by atoms with Crippen LogP contribution >= 0.6 is 0 Å². The highest BCUT2D eigenvalue weighted by atomic mass is 16.5. The van der Waals surface area contributed by atoms with Crippen molar-refractivity contribution in [2.75, 3.05) is 6.61 Å². The van der Waals surface area contributed by atoms with E-state index in [1.54, 1.807) is 0 Å². The highest BCUT2D eigenvalue weighted by Crippen LogP contribution is 2.41. The van der Waals surface area contributed by atoms with Gasteiger partial charge in [-0.15, -0.1) is 0 Å². The summed E-state index contributed by atoms with van der Waals surface area (Å²) < 4.78 is 11.9. The number of benzene rings is 1. The van der Waals surface area contributed by atoms with Crippen molar-refractivity contribution in [3.63, 3.8) is 0 Å². The van der Waals surface area contributed by atoms with Crippen molar-refractivity contribution in [3.05, 3.63) is 36.1 Å². The molecule has 0 bridgehead atoms. The summed E-state index contributed by atoms with van der Waals surface area (Å²) >= 11 is 0. The first kappa shape index (κ1) is 14.6. The number of aliphatic hydroxyl groups excluding tert-OH is 1. The molecule has 1 N–H and O–H groups in total. The van der Waals surface area contributed by atoms with Crippen LogP contribution in [-0.2, 0) is 4.74 Å². The van der Waals surface area contributed by atoms with Crippen LogP contribution in [0.2, 0.25) is 0 Å². The van der Waals surface area contributed by atoms with Crippen molar-refractivity contribution in [2.45, 2.75) is 57.2 Å². The fraction of sp³-hybridized carbons (Fsp3) is 0.556. The lowest BCUT2D eigenvalue weighted by atomic mass is 9.86. The summed E-state index contributed by atoms with van der Waals surface area (Å²) in [5.74, 6) is 0.631. The molecule has 0 amide bonds. The van der Waals surface area contributed by atoms with Crippen LogP contribution in [0.5, 0.6) is 0 Å². The molecule has 0 spiro atoms. The zero-order valence-electron chi connectivity index (χ0n) is 12.7. The Kier molecular flexibility index (Phi) is 4.32. The molecule has 3 heteroatoms. The number of rotatable bonds is 4. The molecule has 1 aliphatic carbocycles. The Balaban J connectivity index is 1.93. The largest absolute Gasteiger partial charge is 0.458 e. The first-order valence-corrected chi connectivity index (χ1v) is 8.06. The lowest BCUT2D eigenvalue weighted by Crippen LogP contribution is -2.39. The standard InChI is InChI=1S/C18H24O3/c1-2-20-18(11-7-3-4-8-12-18)17(19)16-13-14-9-5-6-10-15(14)21-16/h5-6,9-10,13,17,19H,2-4,7-8,11-12H2,1H3. The lowest BCUT2D eigenvalue weighted by molar-refractivity contribution is -0.137. The Morgan fingerprint density at radius 2 is 1.90 bits per heavy atom. The molecular formula is C18H24O3. The molecule has 1 aromatic carbocycles. The molecule has 1 fully saturated rings. The minimum Gasteiger partial charge on any atom is -0.458 e. The summed E-state index contributed by atoms with van der Waals surface area (Å²) in [4.78, 5) is 0. The molecule has 1 atom stereocenters. The SMILES string of the molecule is CCOC1(C(O)c2cc3ccccc3o2)CCCCCC1. The van der Waals surface area contributed by atoms with Crippen LogP contribution < -0.4 is 0 Å². The van der Waals surface area contributed by atoms with E-state index in [0.717, 1.165) is 36.7 Å². The summed E-state index contributed by atoms with van der Waals surface area (Å²) in [6.45, 7) is 2.62. The molecule has 3 nitrogen and oxygen atoms in total. The van der Waals surface area contributed by atoms with Crippen LogP contribution in [0, 0.1) is 0 Å². The van der Waals surface area contributed by atoms with Gasteiger partial charge in [-0.25, -0.2) is 0 Å². The Labute approximate surface area is 125 Å². The topological polar surface area (TPSA) is 42.6 Å². The van der Waals surface area contributed by atoms with Gasteiger partial charge in [0.15, 0.2) is 0 Å². The van der Waals surface area contributed by atoms with E-state index >= 15 is 0 Å². The zero-order chi connectivity index (χ0) is 14.7. The van der Waals surface area contributed by atoms with Gasteiger partial charge in [0.2, 0.25) is 0 Å². The number of hydrogen-bond acceptors (Lipinski definition) is 3. The van der Waals surface area contributed by atoms with Gasteiger partial charge < -0.3 is 14.3 Å². The second-order valence-corrected chi connectivity index (χ2v) is 6.00. The predicted molar refractivity (Wildman–Crippen MR) is 83.2 cm³/mol. The third-order valence-corrected chi connectivity index (χ3v) is 4.59. The average Bonchev–Trinajstić information content (AvgIpc) is 2.79. The lowest BCUT2D eigenvalue weighted by Gasteiger charge is -2.36. The van der Waals surface area contributed by atoms with Crippen molar-refractivity contribution in [1.82, 2.24) is 0 Å². The summed E-state index contributed by atoms with van der Waals surface area (Å²) in [7, 11) is 0. The van der Waals surface area contributed by atoms with Crippen molar-refractivity contribution in [1.29, 1.82) is 0 Å². The Bertz CT molecular complexity index is 546. The van der Waals surface area contributed by atoms with Gasteiger partial charge in [-0.3, -0.25) is 0 Å². The number of hydrogen-bond donors (Lipinski definition) is 1. The quantitative estimate of drug-likeness (QED) is 0.836. The van der Waals surface area contributed by atoms with E-state index in [4.69, 9.17) is 9.15 Å². The normalized spacial score (nSPS) is 20.3. The Hall–Kier alpha value is -1.32. The second kappa shape index (κ2) is 6.20. The summed E-state index contributed by atoms with van der Waals surface area (Å²) in [5.41, 5.74) is 0.339. The van der Waals surface area contributed by atoms with E-state index < -0.39 is 11.7 Å². The molecule has 0 aliphatic heterocycles. The predicted octanol–water partition coefficient (Wildman–Crippen LogP) is 4.60. The first-order valence-electron chi connectivity index (χ1n) is 8.06. The second-order valence-electron chi connectivity index (χ2n) is 6.00. The third-order valence-electron chi connectivity index (χ3n) is 4.59. The first-order chi connectivity index (χ1) is 10.2. The van der Waals surface area contributed by atoms with Gasteiger partial charge in [0.25, 0.3) is 0 Å². The van der Waals surface area contributed by atoms with Gasteiger partial charge in [-0.2, -0.15) is 0 Å². The van der Waals surface area contributed by atoms with E-state index in [9.17, 15) is 5.11 Å². The molecule has 1 aliphatic rings. The van der Waals surface area contributed by atoms with E-state index in [2.05, 4.69) is 0 Å². The maximum absolute atomic E-state index is 10.9. The van der Waals surface area contributed by atoms with E-state index in [0.29, 0.717) is 12.4 Å². The smallest absolute Gasteiger partial charge is 0.140 e. The fourth-order valence-electron chi connectivity index (χ4n) is 3.51. The zero-order valence-corrected chi connectivity index (χ0v) is 12.7. The minimum atomic E-state index is -0.692. The number of furan rings is 1. The highest BCUT2D eigenvalue weighted by Gasteiger charge is 2.41. The molecule has 114 valence electrons. The molecular weight excluding hydrogens is 264 g/mol. The molecule has 0 radical (unpaired) electrons. The highest BCUT2D eigenvalue weighted by molar-refractivity contribution is 5.77. The van der Waals surface area contributed by atoms with E-state index in [1.807, 2.05) is 37.3 Å². The minimum absolute atomic E-state index is 0.487. The molecule has 1 unspecified atom stereocenters. The van der Waals surface area contributed by atoms with Crippen LogP contribution in [0.25, 0.3) is 11.0 Å². The van der Waals surface area contributed by atoms with E-state index in [1.165, 1.54) is 12.8 Å². The number of fused-ring (bicyclic) bond motifs is 1. The maximum Gasteiger partial charge on any atom is 0.140 e. The molecule has 0 saturated heterocycles. The monoisotopic (exact) mass is 288 g/mol. The van der Waals surface area contributed by atoms with Gasteiger partial charge >= 0.3 is 0 Å². The maximum atomic E-state index is 10.9. The third kappa shape index (κ3) is 2.85. The molecule has 2 aromatic rings.